The normalized spacial score (nSPS) is 10.4. The van der Waals surface area contributed by atoms with Crippen LogP contribution in [0.25, 0.3) is 5.69 Å². The molecule has 6 heteroatoms. The van der Waals surface area contributed by atoms with Crippen molar-refractivity contribution in [2.45, 2.75) is 6.54 Å². The number of benzene rings is 2. The van der Waals surface area contributed by atoms with Gasteiger partial charge in [0.05, 0.1) is 5.69 Å². The maximum atomic E-state index is 12.4. The molecule has 0 radical (unpaired) electrons. The van der Waals surface area contributed by atoms with Gasteiger partial charge in [0.2, 0.25) is 0 Å². The third-order valence-corrected chi connectivity index (χ3v) is 3.86. The first-order chi connectivity index (χ1) is 12.1. The molecule has 0 fully saturated rings. The highest BCUT2D eigenvalue weighted by Gasteiger charge is 2.16. The molecule has 1 heterocycles. The number of hydrogen-bond acceptors (Lipinski definition) is 3. The van der Waals surface area contributed by atoms with E-state index in [1.54, 1.807) is 24.3 Å². The van der Waals surface area contributed by atoms with Crippen LogP contribution in [-0.2, 0) is 13.6 Å². The van der Waals surface area contributed by atoms with Gasteiger partial charge in [-0.1, -0.05) is 48.5 Å². The van der Waals surface area contributed by atoms with Gasteiger partial charge < -0.3 is 5.32 Å². The number of rotatable bonds is 4. The number of nitrogens with zero attached hydrogens (tertiary/aromatic N) is 2. The van der Waals surface area contributed by atoms with Crippen LogP contribution in [0.5, 0.6) is 0 Å². The first kappa shape index (κ1) is 16.4. The highest BCUT2D eigenvalue weighted by molar-refractivity contribution is 5.93. The van der Waals surface area contributed by atoms with Crippen LogP contribution in [0.4, 0.5) is 0 Å². The van der Waals surface area contributed by atoms with Crippen molar-refractivity contribution in [2.24, 2.45) is 7.05 Å². The lowest BCUT2D eigenvalue weighted by Crippen LogP contribution is -2.42. The Hall–Kier alpha value is -3.41. The van der Waals surface area contributed by atoms with Crippen molar-refractivity contribution in [1.82, 2.24) is 14.5 Å². The lowest BCUT2D eigenvalue weighted by atomic mass is 10.2. The summed E-state index contributed by atoms with van der Waals surface area (Å²) in [5.74, 6) is -0.519. The minimum Gasteiger partial charge on any atom is -0.348 e. The molecule has 0 bridgehead atoms. The topological polar surface area (TPSA) is 73.1 Å². The molecule has 1 N–H and O–H groups in total. The molecule has 0 aliphatic heterocycles. The van der Waals surface area contributed by atoms with E-state index < -0.39 is 17.2 Å². The van der Waals surface area contributed by atoms with E-state index in [1.807, 2.05) is 36.4 Å². The van der Waals surface area contributed by atoms with Crippen molar-refractivity contribution in [3.8, 4) is 5.69 Å². The maximum Gasteiger partial charge on any atom is 0.335 e. The molecule has 2 aromatic carbocycles. The second-order valence-corrected chi connectivity index (χ2v) is 5.56. The molecule has 0 saturated heterocycles. The summed E-state index contributed by atoms with van der Waals surface area (Å²) in [5.41, 5.74) is 0.296. The molecule has 1 aromatic heterocycles. The molecule has 0 aliphatic carbocycles. The standard InChI is InChI=1S/C19H17N3O3/c1-21-18(24)16(17(23)20-12-14-8-4-2-5-9-14)13-22(19(21)25)15-10-6-3-7-11-15/h2-11,13H,12H2,1H3,(H,20,23). The van der Waals surface area contributed by atoms with Gasteiger partial charge in [0.15, 0.2) is 0 Å². The van der Waals surface area contributed by atoms with Gasteiger partial charge in [0, 0.05) is 19.8 Å². The Labute approximate surface area is 144 Å². The van der Waals surface area contributed by atoms with E-state index in [-0.39, 0.29) is 5.56 Å². The number of amides is 1. The zero-order valence-electron chi connectivity index (χ0n) is 13.7. The molecule has 1 amide bonds. The average molecular weight is 335 g/mol. The molecule has 0 aliphatic rings. The summed E-state index contributed by atoms with van der Waals surface area (Å²) in [4.78, 5) is 37.1. The molecule has 25 heavy (non-hydrogen) atoms. The summed E-state index contributed by atoms with van der Waals surface area (Å²) in [5, 5.41) is 2.71. The fourth-order valence-corrected chi connectivity index (χ4v) is 2.47. The third-order valence-electron chi connectivity index (χ3n) is 3.86. The summed E-state index contributed by atoms with van der Waals surface area (Å²) >= 11 is 0. The third kappa shape index (κ3) is 3.42. The van der Waals surface area contributed by atoms with Crippen LogP contribution in [0.3, 0.4) is 0 Å². The Morgan fingerprint density at radius 1 is 0.960 bits per heavy atom. The summed E-state index contributed by atoms with van der Waals surface area (Å²) in [6.07, 6.45) is 1.29. The van der Waals surface area contributed by atoms with Gasteiger partial charge in [-0.05, 0) is 17.7 Å². The maximum absolute atomic E-state index is 12.4. The van der Waals surface area contributed by atoms with E-state index in [2.05, 4.69) is 5.32 Å². The quantitative estimate of drug-likeness (QED) is 0.785. The zero-order chi connectivity index (χ0) is 17.8. The van der Waals surface area contributed by atoms with E-state index in [1.165, 1.54) is 17.8 Å². The van der Waals surface area contributed by atoms with Gasteiger partial charge in [0.25, 0.3) is 11.5 Å². The first-order valence-corrected chi connectivity index (χ1v) is 7.78. The van der Waals surface area contributed by atoms with Crippen LogP contribution in [0.15, 0.2) is 76.4 Å². The summed E-state index contributed by atoms with van der Waals surface area (Å²) < 4.78 is 2.23. The molecule has 0 unspecified atom stereocenters. The van der Waals surface area contributed by atoms with E-state index in [9.17, 15) is 14.4 Å². The van der Waals surface area contributed by atoms with Crippen molar-refractivity contribution in [3.63, 3.8) is 0 Å². The number of carbonyl (C=O) groups is 1. The average Bonchev–Trinajstić information content (AvgIpc) is 2.66. The van der Waals surface area contributed by atoms with Crippen LogP contribution in [-0.4, -0.2) is 15.0 Å². The first-order valence-electron chi connectivity index (χ1n) is 7.78. The minimum atomic E-state index is -0.622. The highest BCUT2D eigenvalue weighted by Crippen LogP contribution is 2.04. The molecule has 3 rings (SSSR count). The van der Waals surface area contributed by atoms with Crippen molar-refractivity contribution in [2.75, 3.05) is 0 Å². The van der Waals surface area contributed by atoms with Crippen LogP contribution in [0.1, 0.15) is 15.9 Å². The fraction of sp³-hybridized carbons (Fsp3) is 0.105. The van der Waals surface area contributed by atoms with Gasteiger partial charge in [0.1, 0.15) is 5.56 Å². The number of nitrogens with one attached hydrogen (secondary N) is 1. The van der Waals surface area contributed by atoms with Gasteiger partial charge in [-0.15, -0.1) is 0 Å². The SMILES string of the molecule is Cn1c(=O)c(C(=O)NCc2ccccc2)cn(-c2ccccc2)c1=O. The molecule has 6 nitrogen and oxygen atoms in total. The van der Waals surface area contributed by atoms with Crippen LogP contribution < -0.4 is 16.6 Å². The molecule has 0 spiro atoms. The Kier molecular flexibility index (Phi) is 4.61. The van der Waals surface area contributed by atoms with E-state index >= 15 is 0 Å². The second-order valence-electron chi connectivity index (χ2n) is 5.56. The van der Waals surface area contributed by atoms with Crippen molar-refractivity contribution in [1.29, 1.82) is 0 Å². The van der Waals surface area contributed by atoms with Crippen molar-refractivity contribution < 1.29 is 4.79 Å². The largest absolute Gasteiger partial charge is 0.348 e. The van der Waals surface area contributed by atoms with Crippen LogP contribution >= 0.6 is 0 Å². The molecule has 3 aromatic rings. The predicted molar refractivity (Wildman–Crippen MR) is 94.9 cm³/mol. The summed E-state index contributed by atoms with van der Waals surface area (Å²) in [6, 6.07) is 18.2. The number of hydrogen-bond donors (Lipinski definition) is 1. The van der Waals surface area contributed by atoms with Gasteiger partial charge in [-0.2, -0.15) is 0 Å². The summed E-state index contributed by atoms with van der Waals surface area (Å²) in [6.45, 7) is 0.299. The van der Waals surface area contributed by atoms with E-state index in [4.69, 9.17) is 0 Å². The molecule has 0 atom stereocenters. The van der Waals surface area contributed by atoms with Crippen molar-refractivity contribution >= 4 is 5.91 Å². The molecule has 126 valence electrons. The van der Waals surface area contributed by atoms with Crippen LogP contribution in [0.2, 0.25) is 0 Å². The fourth-order valence-electron chi connectivity index (χ4n) is 2.47. The molecular formula is C19H17N3O3. The smallest absolute Gasteiger partial charge is 0.335 e. The van der Waals surface area contributed by atoms with Gasteiger partial charge >= 0.3 is 5.69 Å². The molecule has 0 saturated carbocycles. The Balaban J connectivity index is 1.96. The van der Waals surface area contributed by atoms with E-state index in [0.29, 0.717) is 12.2 Å². The Morgan fingerprint density at radius 3 is 2.20 bits per heavy atom. The number of carbonyl (C=O) groups excluding carboxylic acids is 1. The highest BCUT2D eigenvalue weighted by atomic mass is 16.2. The monoisotopic (exact) mass is 335 g/mol. The second kappa shape index (κ2) is 7.00. The number of para-hydroxylation sites is 1. The Bertz CT molecular complexity index is 1010. The predicted octanol–water partition coefficient (Wildman–Crippen LogP) is 1.47. The lowest BCUT2D eigenvalue weighted by molar-refractivity contribution is 0.0948. The van der Waals surface area contributed by atoms with Crippen molar-refractivity contribution in [3.05, 3.63) is 98.8 Å². The lowest BCUT2D eigenvalue weighted by Gasteiger charge is -2.11. The van der Waals surface area contributed by atoms with Crippen LogP contribution in [0, 0.1) is 0 Å². The molecular weight excluding hydrogens is 318 g/mol. The summed E-state index contributed by atoms with van der Waals surface area (Å²) in [7, 11) is 1.36. The van der Waals surface area contributed by atoms with E-state index in [0.717, 1.165) is 10.1 Å². The Morgan fingerprint density at radius 2 is 1.56 bits per heavy atom. The van der Waals surface area contributed by atoms with Gasteiger partial charge in [-0.3, -0.25) is 18.7 Å². The zero-order valence-corrected chi connectivity index (χ0v) is 13.7. The number of aromatic nitrogens is 2. The van der Waals surface area contributed by atoms with Gasteiger partial charge in [-0.25, -0.2) is 4.79 Å². The minimum absolute atomic E-state index is 0.0816.